The van der Waals surface area contributed by atoms with Gasteiger partial charge in [0.15, 0.2) is 0 Å². The molecule has 2 nitrogen and oxygen atoms in total. The molecule has 0 aromatic heterocycles. The monoisotopic (exact) mass is 124 g/mol. The Hall–Kier alpha value is -1.05. The lowest BCUT2D eigenvalue weighted by Crippen LogP contribution is -2.05. The summed E-state index contributed by atoms with van der Waals surface area (Å²) in [5.41, 5.74) is 0.990. The SMILES string of the molecule is C=C(C)/C=C/N(C)C=N. The van der Waals surface area contributed by atoms with Gasteiger partial charge in [-0.25, -0.2) is 0 Å². The van der Waals surface area contributed by atoms with Crippen LogP contribution in [-0.2, 0) is 0 Å². The summed E-state index contributed by atoms with van der Waals surface area (Å²) in [6.07, 6.45) is 4.87. The van der Waals surface area contributed by atoms with Crippen LogP contribution in [-0.4, -0.2) is 18.3 Å². The van der Waals surface area contributed by atoms with Crippen molar-refractivity contribution in [1.82, 2.24) is 4.90 Å². The Labute approximate surface area is 56.0 Å². The molecule has 0 atom stereocenters. The number of rotatable bonds is 3. The van der Waals surface area contributed by atoms with E-state index in [-0.39, 0.29) is 0 Å². The summed E-state index contributed by atoms with van der Waals surface area (Å²) in [6, 6.07) is 0. The highest BCUT2D eigenvalue weighted by Gasteiger charge is 1.78. The molecule has 0 saturated heterocycles. The average molecular weight is 124 g/mol. The first-order valence-corrected chi connectivity index (χ1v) is 2.73. The zero-order valence-corrected chi connectivity index (χ0v) is 5.89. The standard InChI is InChI=1S/C7H12N2/c1-7(2)4-5-9(3)6-8/h4-6,8H,1H2,2-3H3/b5-4+,8-6?. The van der Waals surface area contributed by atoms with Gasteiger partial charge in [-0.1, -0.05) is 12.2 Å². The second-order valence-electron chi connectivity index (χ2n) is 1.96. The predicted molar refractivity (Wildman–Crippen MR) is 40.5 cm³/mol. The average Bonchev–Trinajstić information content (AvgIpc) is 1.83. The van der Waals surface area contributed by atoms with E-state index in [4.69, 9.17) is 5.41 Å². The Morgan fingerprint density at radius 2 is 2.22 bits per heavy atom. The minimum atomic E-state index is 0.990. The zero-order chi connectivity index (χ0) is 7.28. The molecule has 50 valence electrons. The van der Waals surface area contributed by atoms with Crippen molar-refractivity contribution < 1.29 is 0 Å². The van der Waals surface area contributed by atoms with E-state index in [1.54, 1.807) is 18.1 Å². The second-order valence-corrected chi connectivity index (χ2v) is 1.96. The van der Waals surface area contributed by atoms with Crippen LogP contribution in [0.5, 0.6) is 0 Å². The van der Waals surface area contributed by atoms with Crippen LogP contribution >= 0.6 is 0 Å². The van der Waals surface area contributed by atoms with Gasteiger partial charge in [0.1, 0.15) is 0 Å². The number of nitrogens with zero attached hydrogens (tertiary/aromatic N) is 1. The van der Waals surface area contributed by atoms with Crippen LogP contribution in [0.1, 0.15) is 6.92 Å². The van der Waals surface area contributed by atoms with Crippen LogP contribution in [0.2, 0.25) is 0 Å². The van der Waals surface area contributed by atoms with E-state index in [1.807, 2.05) is 13.0 Å². The van der Waals surface area contributed by atoms with Gasteiger partial charge in [-0.05, 0) is 13.0 Å². The molecule has 0 aromatic rings. The highest BCUT2D eigenvalue weighted by atomic mass is 15.1. The highest BCUT2D eigenvalue weighted by molar-refractivity contribution is 5.51. The summed E-state index contributed by atoms with van der Waals surface area (Å²) >= 11 is 0. The molecule has 1 N–H and O–H groups in total. The van der Waals surface area contributed by atoms with Crippen molar-refractivity contribution in [3.8, 4) is 0 Å². The van der Waals surface area contributed by atoms with Crippen LogP contribution < -0.4 is 0 Å². The van der Waals surface area contributed by atoms with E-state index < -0.39 is 0 Å². The molecule has 0 aliphatic heterocycles. The third-order valence-corrected chi connectivity index (χ3v) is 0.798. The van der Waals surface area contributed by atoms with Gasteiger partial charge in [0.05, 0.1) is 6.34 Å². The van der Waals surface area contributed by atoms with E-state index in [1.165, 1.54) is 6.34 Å². The fourth-order valence-corrected chi connectivity index (χ4v) is 0.288. The quantitative estimate of drug-likeness (QED) is 0.345. The molecule has 0 aromatic carbocycles. The number of hydrogen-bond donors (Lipinski definition) is 1. The maximum absolute atomic E-state index is 6.77. The first kappa shape index (κ1) is 7.95. The van der Waals surface area contributed by atoms with E-state index in [0.29, 0.717) is 0 Å². The lowest BCUT2D eigenvalue weighted by molar-refractivity contribution is 0.705. The van der Waals surface area contributed by atoms with Crippen molar-refractivity contribution in [3.63, 3.8) is 0 Å². The summed E-state index contributed by atoms with van der Waals surface area (Å²) in [5.74, 6) is 0. The topological polar surface area (TPSA) is 27.1 Å². The Balaban J connectivity index is 3.69. The highest BCUT2D eigenvalue weighted by Crippen LogP contribution is 1.89. The Bertz CT molecular complexity index is 136. The molecule has 0 heterocycles. The molecule has 2 heteroatoms. The molecule has 0 bridgehead atoms. The second kappa shape index (κ2) is 3.89. The van der Waals surface area contributed by atoms with Crippen molar-refractivity contribution in [3.05, 3.63) is 24.4 Å². The van der Waals surface area contributed by atoms with E-state index in [2.05, 4.69) is 6.58 Å². The third kappa shape index (κ3) is 4.81. The molecule has 0 spiro atoms. The molecule has 0 fully saturated rings. The van der Waals surface area contributed by atoms with Crippen molar-refractivity contribution in [1.29, 1.82) is 5.41 Å². The summed E-state index contributed by atoms with van der Waals surface area (Å²) < 4.78 is 0. The van der Waals surface area contributed by atoms with Crippen molar-refractivity contribution >= 4 is 6.34 Å². The van der Waals surface area contributed by atoms with Crippen LogP contribution in [0, 0.1) is 5.41 Å². The van der Waals surface area contributed by atoms with Gasteiger partial charge >= 0.3 is 0 Å². The molecule has 0 saturated carbocycles. The van der Waals surface area contributed by atoms with Gasteiger partial charge in [0.25, 0.3) is 0 Å². The molecule has 9 heavy (non-hydrogen) atoms. The van der Waals surface area contributed by atoms with Crippen LogP contribution in [0.15, 0.2) is 24.4 Å². The smallest absolute Gasteiger partial charge is 0.0854 e. The Morgan fingerprint density at radius 3 is 2.56 bits per heavy atom. The summed E-state index contributed by atoms with van der Waals surface area (Å²) in [4.78, 5) is 1.65. The van der Waals surface area contributed by atoms with Gasteiger partial charge in [-0.2, -0.15) is 0 Å². The fourth-order valence-electron chi connectivity index (χ4n) is 0.288. The predicted octanol–water partition coefficient (Wildman–Crippen LogP) is 1.62. The first-order valence-electron chi connectivity index (χ1n) is 2.73. The lowest BCUT2D eigenvalue weighted by Gasteiger charge is -2.02. The van der Waals surface area contributed by atoms with Crippen LogP contribution in [0.3, 0.4) is 0 Å². The van der Waals surface area contributed by atoms with Crippen molar-refractivity contribution in [2.24, 2.45) is 0 Å². The molecule has 0 amide bonds. The van der Waals surface area contributed by atoms with Gasteiger partial charge in [-0.15, -0.1) is 0 Å². The van der Waals surface area contributed by atoms with Crippen molar-refractivity contribution in [2.45, 2.75) is 6.92 Å². The van der Waals surface area contributed by atoms with E-state index in [9.17, 15) is 0 Å². The fraction of sp³-hybridized carbons (Fsp3) is 0.286. The van der Waals surface area contributed by atoms with Crippen LogP contribution in [0.4, 0.5) is 0 Å². The maximum Gasteiger partial charge on any atom is 0.0854 e. The summed E-state index contributed by atoms with van der Waals surface area (Å²) in [5, 5.41) is 6.77. The number of hydrogen-bond acceptors (Lipinski definition) is 1. The molecular formula is C7H12N2. The minimum absolute atomic E-state index is 0.990. The van der Waals surface area contributed by atoms with Gasteiger partial charge in [-0.3, -0.25) is 5.41 Å². The molecular weight excluding hydrogens is 112 g/mol. The Morgan fingerprint density at radius 1 is 1.67 bits per heavy atom. The normalized spacial score (nSPS) is 9.56. The van der Waals surface area contributed by atoms with Gasteiger partial charge in [0, 0.05) is 13.2 Å². The molecule has 0 radical (unpaired) electrons. The van der Waals surface area contributed by atoms with Crippen LogP contribution in [0.25, 0.3) is 0 Å². The molecule has 0 aliphatic carbocycles. The summed E-state index contributed by atoms with van der Waals surface area (Å²) in [6.45, 7) is 5.58. The van der Waals surface area contributed by atoms with Crippen molar-refractivity contribution in [2.75, 3.05) is 7.05 Å². The summed E-state index contributed by atoms with van der Waals surface area (Å²) in [7, 11) is 1.80. The minimum Gasteiger partial charge on any atom is -0.343 e. The Kier molecular flexibility index (Phi) is 3.44. The van der Waals surface area contributed by atoms with Gasteiger partial charge < -0.3 is 4.90 Å². The van der Waals surface area contributed by atoms with Gasteiger partial charge in [0.2, 0.25) is 0 Å². The number of nitrogens with one attached hydrogen (secondary N) is 1. The van der Waals surface area contributed by atoms with E-state index >= 15 is 0 Å². The maximum atomic E-state index is 6.77. The first-order chi connectivity index (χ1) is 4.16. The largest absolute Gasteiger partial charge is 0.343 e. The zero-order valence-electron chi connectivity index (χ0n) is 5.89. The molecule has 0 rings (SSSR count). The lowest BCUT2D eigenvalue weighted by atomic mass is 10.3. The third-order valence-electron chi connectivity index (χ3n) is 0.798. The molecule has 0 aliphatic rings. The molecule has 0 unspecified atom stereocenters. The number of allylic oxidation sites excluding steroid dienone is 2. The van der Waals surface area contributed by atoms with E-state index in [0.717, 1.165) is 5.57 Å².